The van der Waals surface area contributed by atoms with Crippen LogP contribution < -0.4 is 14.7 Å². The Morgan fingerprint density at radius 3 is 0.910 bits per heavy atom. The molecule has 0 spiro atoms. The van der Waals surface area contributed by atoms with Crippen molar-refractivity contribution in [1.82, 2.24) is 13.7 Å². The number of benzene rings is 24. The molecular formula is C139H98N6. The van der Waals surface area contributed by atoms with Gasteiger partial charge in [-0.2, -0.15) is 0 Å². The number of aromatic nitrogens is 3. The molecule has 0 fully saturated rings. The van der Waals surface area contributed by atoms with Crippen molar-refractivity contribution in [3.8, 4) is 72.7 Å². The third kappa shape index (κ3) is 15.7. The lowest BCUT2D eigenvalue weighted by Crippen LogP contribution is -2.16. The molecule has 6 nitrogen and oxygen atoms in total. The number of anilines is 9. The summed E-state index contributed by atoms with van der Waals surface area (Å²) < 4.78 is 7.16. The molecule has 684 valence electrons. The molecule has 0 saturated heterocycles. The van der Waals surface area contributed by atoms with Crippen LogP contribution in [0.4, 0.5) is 51.2 Å². The molecule has 28 rings (SSSR count). The number of fused-ring (bicyclic) bond motifs is 18. The lowest BCUT2D eigenvalue weighted by molar-refractivity contribution is 0.660. The number of nitrogens with zero attached hydrogens (tertiary/aromatic N) is 6. The zero-order chi connectivity index (χ0) is 96.4. The summed E-state index contributed by atoms with van der Waals surface area (Å²) in [5.74, 6) is 0. The quantitative estimate of drug-likeness (QED) is 0.0964. The number of hydrogen-bond acceptors (Lipinski definition) is 3. The maximum absolute atomic E-state index is 2.40. The molecule has 0 amide bonds. The first-order valence-corrected chi connectivity index (χ1v) is 50.0. The normalized spacial score (nSPS) is 12.0. The van der Waals surface area contributed by atoms with Gasteiger partial charge in [-0.05, 0) is 298 Å². The van der Waals surface area contributed by atoms with Crippen LogP contribution in [0, 0.1) is 0 Å². The second-order valence-corrected chi connectivity index (χ2v) is 38.2. The zero-order valence-electron chi connectivity index (χ0n) is 80.3. The first kappa shape index (κ1) is 86.5. The van der Waals surface area contributed by atoms with Gasteiger partial charge in [0.1, 0.15) is 0 Å². The average molecular weight is 1850 g/mol. The fraction of sp³-hybridized carbons (Fsp3) is 0.0216. The van der Waals surface area contributed by atoms with E-state index in [0.29, 0.717) is 0 Å². The minimum atomic E-state index is -0.0833. The largest absolute Gasteiger partial charge is 0.311 e. The van der Waals surface area contributed by atoms with Crippen molar-refractivity contribution in [2.24, 2.45) is 0 Å². The summed E-state index contributed by atoms with van der Waals surface area (Å²) in [4.78, 5) is 7.05. The van der Waals surface area contributed by atoms with Gasteiger partial charge in [-0.15, -0.1) is 0 Å². The zero-order valence-corrected chi connectivity index (χ0v) is 80.3. The summed E-state index contributed by atoms with van der Waals surface area (Å²) in [7, 11) is 0. The van der Waals surface area contributed by atoms with E-state index < -0.39 is 0 Å². The maximum Gasteiger partial charge on any atom is 0.0547 e. The SMILES string of the molecule is CC1(C)c2ccccc2-c2ccc(N(c3ccc(-c4ccccc4)cc3)c3ccc(-c4ccc(-n5c6ccccc6c6ccccc65)cc4)cc3)cc21.c1ccc(N(c2ccc(-c3ccc4ccccc4c3)cc2)c2ccc(-n3c4ccccc4c4c5ccccc5ccc43)cc2)cc1.c1ccc(N(c2ccc(-c3cccc4ccccc34)cc2)c2ccc(-n3c4ccccc4c4c5ccccc5ccc43)cc2)cc1. The summed E-state index contributed by atoms with van der Waals surface area (Å²) >= 11 is 0. The summed E-state index contributed by atoms with van der Waals surface area (Å²) in [5, 5.41) is 17.8. The molecule has 3 heterocycles. The summed E-state index contributed by atoms with van der Waals surface area (Å²) in [5.41, 5.74) is 35.9. The summed E-state index contributed by atoms with van der Waals surface area (Å²) in [6, 6.07) is 202. The van der Waals surface area contributed by atoms with Gasteiger partial charge in [0.05, 0.1) is 33.1 Å². The van der Waals surface area contributed by atoms with Crippen LogP contribution in [0.3, 0.4) is 0 Å². The highest BCUT2D eigenvalue weighted by Crippen LogP contribution is 2.52. The molecule has 0 N–H and O–H groups in total. The highest BCUT2D eigenvalue weighted by atomic mass is 15.2. The number of rotatable bonds is 16. The van der Waals surface area contributed by atoms with Crippen LogP contribution in [0.5, 0.6) is 0 Å². The van der Waals surface area contributed by atoms with Gasteiger partial charge in [0.2, 0.25) is 0 Å². The lowest BCUT2D eigenvalue weighted by atomic mass is 9.82. The smallest absolute Gasteiger partial charge is 0.0547 e. The van der Waals surface area contributed by atoms with E-state index in [1.165, 1.54) is 175 Å². The van der Waals surface area contributed by atoms with Gasteiger partial charge in [-0.3, -0.25) is 0 Å². The first-order chi connectivity index (χ1) is 71.7. The van der Waals surface area contributed by atoms with Crippen LogP contribution in [0.2, 0.25) is 0 Å². The van der Waals surface area contributed by atoms with Crippen molar-refractivity contribution < 1.29 is 0 Å². The summed E-state index contributed by atoms with van der Waals surface area (Å²) in [6.07, 6.45) is 0. The molecule has 6 heteroatoms. The van der Waals surface area contributed by atoms with Gasteiger partial charge in [0, 0.05) is 106 Å². The van der Waals surface area contributed by atoms with Crippen molar-refractivity contribution in [2.75, 3.05) is 14.7 Å². The first-order valence-electron chi connectivity index (χ1n) is 50.0. The maximum atomic E-state index is 2.40. The van der Waals surface area contributed by atoms with Crippen molar-refractivity contribution in [3.63, 3.8) is 0 Å². The van der Waals surface area contributed by atoms with E-state index in [1.807, 2.05) is 0 Å². The molecule has 0 aliphatic heterocycles. The van der Waals surface area contributed by atoms with Crippen molar-refractivity contribution in [1.29, 1.82) is 0 Å². The molecule has 3 aromatic heterocycles. The topological polar surface area (TPSA) is 24.5 Å². The Morgan fingerprint density at radius 2 is 0.434 bits per heavy atom. The van der Waals surface area contributed by atoms with Gasteiger partial charge in [-0.1, -0.05) is 384 Å². The Balaban J connectivity index is 0.000000111. The van der Waals surface area contributed by atoms with Crippen LogP contribution in [0.15, 0.2) is 558 Å². The fourth-order valence-electron chi connectivity index (χ4n) is 22.5. The van der Waals surface area contributed by atoms with E-state index in [-0.39, 0.29) is 5.41 Å². The highest BCUT2D eigenvalue weighted by molar-refractivity contribution is 6.23. The lowest BCUT2D eigenvalue weighted by Gasteiger charge is -2.28. The predicted octanol–water partition coefficient (Wildman–Crippen LogP) is 38.3. The van der Waals surface area contributed by atoms with Gasteiger partial charge in [0.25, 0.3) is 0 Å². The third-order valence-electron chi connectivity index (χ3n) is 29.5. The summed E-state index contributed by atoms with van der Waals surface area (Å²) in [6.45, 7) is 4.70. The van der Waals surface area contributed by atoms with E-state index in [4.69, 9.17) is 0 Å². The molecule has 0 atom stereocenters. The molecule has 27 aromatic rings. The molecule has 0 unspecified atom stereocenters. The van der Waals surface area contributed by atoms with E-state index in [9.17, 15) is 0 Å². The van der Waals surface area contributed by atoms with E-state index in [1.54, 1.807) is 0 Å². The van der Waals surface area contributed by atoms with Crippen LogP contribution >= 0.6 is 0 Å². The molecule has 1 aliphatic rings. The van der Waals surface area contributed by atoms with Crippen molar-refractivity contribution in [3.05, 3.63) is 569 Å². The predicted molar refractivity (Wildman–Crippen MR) is 616 cm³/mol. The Morgan fingerprint density at radius 1 is 0.152 bits per heavy atom. The molecular weight excluding hydrogens is 1750 g/mol. The third-order valence-corrected chi connectivity index (χ3v) is 29.5. The molecule has 145 heavy (non-hydrogen) atoms. The minimum absolute atomic E-state index is 0.0833. The molecule has 0 saturated carbocycles. The standard InChI is InChI=1S/C51H38N2.2C44H30N2/c1-51(2)47-17-9-6-14-43(47)44-33-32-42(34-48(44)51)52(39-26-20-36(21-27-39)35-12-4-3-5-13-35)40-28-22-37(23-29-40)38-24-30-41(31-25-38)53-49-18-10-7-15-45(49)46-16-8-11-19-50(46)53;1-2-14-34(15-3-1)45(35-24-21-33(22-25-35)39-19-10-13-31-11-4-6-16-38(31)39)36-26-28-37(29-27-36)46-42-20-9-8-18-41(42)44-40-17-7-5-12-32(40)23-30-43(44)46;1-2-13-36(14-3-1)45(37-23-20-32(21-24-37)35-19-18-31-10-4-5-12-34(31)30-35)38-25-27-39(28-26-38)46-42-17-9-8-16-41(42)44-40-15-7-6-11-33(40)22-29-43(44)46/h3-34H,1-2H3;2*1-30H. The monoisotopic (exact) mass is 1850 g/mol. The molecule has 1 aliphatic carbocycles. The van der Waals surface area contributed by atoms with Crippen molar-refractivity contribution >= 4 is 160 Å². The van der Waals surface area contributed by atoms with Crippen LogP contribution in [0.1, 0.15) is 25.0 Å². The van der Waals surface area contributed by atoms with Gasteiger partial charge in [0.15, 0.2) is 0 Å². The van der Waals surface area contributed by atoms with Gasteiger partial charge < -0.3 is 28.4 Å². The Labute approximate surface area is 843 Å². The fourth-order valence-corrected chi connectivity index (χ4v) is 22.5. The molecule has 24 aromatic carbocycles. The Hall–Kier alpha value is -18.9. The van der Waals surface area contributed by atoms with E-state index in [2.05, 4.69) is 600 Å². The Kier molecular flexibility index (Phi) is 21.9. The van der Waals surface area contributed by atoms with Crippen LogP contribution in [-0.2, 0) is 5.41 Å². The number of hydrogen-bond donors (Lipinski definition) is 0. The van der Waals surface area contributed by atoms with Crippen LogP contribution in [0.25, 0.3) is 181 Å². The average Bonchev–Trinajstić information content (AvgIpc) is 1.62. The molecule has 0 radical (unpaired) electrons. The second-order valence-electron chi connectivity index (χ2n) is 38.2. The van der Waals surface area contributed by atoms with Gasteiger partial charge in [-0.25, -0.2) is 0 Å². The highest BCUT2D eigenvalue weighted by Gasteiger charge is 2.36. The number of para-hydroxylation sites is 6. The second kappa shape index (κ2) is 36.7. The Bertz CT molecular complexity index is 9480. The van der Waals surface area contributed by atoms with Crippen LogP contribution in [-0.4, -0.2) is 13.7 Å². The van der Waals surface area contributed by atoms with E-state index in [0.717, 1.165) is 68.2 Å². The minimum Gasteiger partial charge on any atom is -0.311 e. The molecule has 0 bridgehead atoms. The van der Waals surface area contributed by atoms with Crippen molar-refractivity contribution in [2.45, 2.75) is 19.3 Å². The van der Waals surface area contributed by atoms with Gasteiger partial charge >= 0.3 is 0 Å². The van der Waals surface area contributed by atoms with E-state index >= 15 is 0 Å².